The van der Waals surface area contributed by atoms with Gasteiger partial charge >= 0.3 is 5.97 Å². The molecule has 1 saturated carbocycles. The van der Waals surface area contributed by atoms with E-state index < -0.39 is 11.6 Å². The molecule has 3 nitrogen and oxygen atoms in total. The summed E-state index contributed by atoms with van der Waals surface area (Å²) in [4.78, 5) is 12.5. The van der Waals surface area contributed by atoms with Gasteiger partial charge < -0.3 is 4.74 Å². The van der Waals surface area contributed by atoms with Crippen LogP contribution in [0, 0.1) is 28.9 Å². The Labute approximate surface area is 199 Å². The minimum Gasteiger partial charge on any atom is -0.426 e. The van der Waals surface area contributed by atoms with E-state index in [0.29, 0.717) is 49.0 Å². The minimum atomic E-state index is -0.500. The van der Waals surface area contributed by atoms with E-state index in [1.165, 1.54) is 12.1 Å². The molecular weight excluding hydrogens is 432 g/mol. The molecule has 34 heavy (non-hydrogen) atoms. The summed E-state index contributed by atoms with van der Waals surface area (Å²) in [7, 11) is 0. The Balaban J connectivity index is 1.36. The first-order chi connectivity index (χ1) is 16.4. The molecule has 0 heterocycles. The van der Waals surface area contributed by atoms with Gasteiger partial charge in [-0.05, 0) is 91.5 Å². The summed E-state index contributed by atoms with van der Waals surface area (Å²) in [6.07, 6.45) is 2.86. The molecule has 1 atom stereocenters. The average Bonchev–Trinajstić information content (AvgIpc) is 2.87. The first-order valence-electron chi connectivity index (χ1n) is 11.7. The third-order valence-electron chi connectivity index (χ3n) is 6.78. The molecule has 4 rings (SSSR count). The van der Waals surface area contributed by atoms with Crippen molar-refractivity contribution in [3.8, 4) is 11.8 Å². The van der Waals surface area contributed by atoms with Crippen molar-refractivity contribution < 1.29 is 18.3 Å². The van der Waals surface area contributed by atoms with Gasteiger partial charge in [-0.2, -0.15) is 5.26 Å². The van der Waals surface area contributed by atoms with Crippen molar-refractivity contribution in [1.82, 2.24) is 0 Å². The predicted molar refractivity (Wildman–Crippen MR) is 126 cm³/mol. The highest BCUT2D eigenvalue weighted by Gasteiger charge is 2.29. The standard InChI is InChI=1S/C29H27F2NO2/c1-19(21-5-3-2-4-6-21)15-26-27(30)16-24(17-28(26)31)22-9-11-23(12-10-22)29(33)34-25-13-7-20(18-32)8-14-25/h2-8,13-14,16-17,19,22-23H,9-12,15H2,1H3. The van der Waals surface area contributed by atoms with Crippen LogP contribution >= 0.6 is 0 Å². The molecule has 0 aromatic heterocycles. The lowest BCUT2D eigenvalue weighted by Crippen LogP contribution is -2.25. The fourth-order valence-electron chi connectivity index (χ4n) is 4.72. The Morgan fingerprint density at radius 3 is 2.21 bits per heavy atom. The molecule has 0 bridgehead atoms. The monoisotopic (exact) mass is 459 g/mol. The zero-order chi connectivity index (χ0) is 24.1. The summed E-state index contributed by atoms with van der Waals surface area (Å²) in [5.74, 6) is -1.11. The molecule has 0 spiro atoms. The quantitative estimate of drug-likeness (QED) is 0.293. The number of hydrogen-bond donors (Lipinski definition) is 0. The Morgan fingerprint density at radius 1 is 1.00 bits per heavy atom. The summed E-state index contributed by atoms with van der Waals surface area (Å²) >= 11 is 0. The van der Waals surface area contributed by atoms with E-state index >= 15 is 0 Å². The summed E-state index contributed by atoms with van der Waals surface area (Å²) in [6.45, 7) is 1.97. The second-order valence-corrected chi connectivity index (χ2v) is 9.08. The first-order valence-corrected chi connectivity index (χ1v) is 11.7. The maximum atomic E-state index is 14.9. The van der Waals surface area contributed by atoms with Crippen molar-refractivity contribution in [2.45, 2.75) is 50.9 Å². The second-order valence-electron chi connectivity index (χ2n) is 9.08. The van der Waals surface area contributed by atoms with Gasteiger partial charge in [-0.3, -0.25) is 4.79 Å². The van der Waals surface area contributed by atoms with Gasteiger partial charge in [0.1, 0.15) is 17.4 Å². The molecule has 0 N–H and O–H groups in total. The van der Waals surface area contributed by atoms with E-state index in [2.05, 4.69) is 0 Å². The molecule has 0 aliphatic heterocycles. The Kier molecular flexibility index (Phi) is 7.37. The van der Waals surface area contributed by atoms with Gasteiger partial charge in [0.25, 0.3) is 0 Å². The number of hydrogen-bond acceptors (Lipinski definition) is 3. The van der Waals surface area contributed by atoms with E-state index in [1.807, 2.05) is 43.3 Å². The van der Waals surface area contributed by atoms with Crippen molar-refractivity contribution >= 4 is 5.97 Å². The van der Waals surface area contributed by atoms with Crippen LogP contribution in [0.4, 0.5) is 8.78 Å². The van der Waals surface area contributed by atoms with E-state index in [9.17, 15) is 13.6 Å². The molecule has 5 heteroatoms. The summed E-state index contributed by atoms with van der Waals surface area (Å²) in [5.41, 5.74) is 2.33. The van der Waals surface area contributed by atoms with Gasteiger partial charge in [-0.1, -0.05) is 37.3 Å². The summed E-state index contributed by atoms with van der Waals surface area (Å²) in [5, 5.41) is 8.86. The van der Waals surface area contributed by atoms with Crippen LogP contribution in [-0.4, -0.2) is 5.97 Å². The van der Waals surface area contributed by atoms with Crippen LogP contribution in [0.15, 0.2) is 66.7 Å². The molecule has 3 aromatic rings. The number of nitriles is 1. The molecule has 1 aliphatic rings. The third kappa shape index (κ3) is 5.51. The number of benzene rings is 3. The number of ether oxygens (including phenoxy) is 1. The van der Waals surface area contributed by atoms with Crippen LogP contribution in [0.3, 0.4) is 0 Å². The molecule has 3 aromatic carbocycles. The normalized spacial score (nSPS) is 18.6. The molecule has 1 fully saturated rings. The lowest BCUT2D eigenvalue weighted by Gasteiger charge is -2.28. The fourth-order valence-corrected chi connectivity index (χ4v) is 4.72. The van der Waals surface area contributed by atoms with Gasteiger partial charge in [0.2, 0.25) is 0 Å². The molecule has 1 unspecified atom stereocenters. The molecule has 0 amide bonds. The topological polar surface area (TPSA) is 50.1 Å². The Bertz CT molecular complexity index is 1150. The molecule has 0 radical (unpaired) electrons. The Hall–Kier alpha value is -3.52. The third-order valence-corrected chi connectivity index (χ3v) is 6.78. The highest BCUT2D eigenvalue weighted by atomic mass is 19.1. The second kappa shape index (κ2) is 10.6. The van der Waals surface area contributed by atoms with Crippen LogP contribution in [0.2, 0.25) is 0 Å². The minimum absolute atomic E-state index is 0.00797. The van der Waals surface area contributed by atoms with Crippen molar-refractivity contribution in [2.24, 2.45) is 5.92 Å². The number of carbonyl (C=O) groups is 1. The molecule has 0 saturated heterocycles. The maximum Gasteiger partial charge on any atom is 0.314 e. The largest absolute Gasteiger partial charge is 0.426 e. The van der Waals surface area contributed by atoms with Crippen molar-refractivity contribution in [3.05, 3.63) is 101 Å². The molecule has 174 valence electrons. The van der Waals surface area contributed by atoms with E-state index in [0.717, 1.165) is 5.56 Å². The van der Waals surface area contributed by atoms with Crippen molar-refractivity contribution in [1.29, 1.82) is 5.26 Å². The fraction of sp³-hybridized carbons (Fsp3) is 0.310. The van der Waals surface area contributed by atoms with E-state index in [1.54, 1.807) is 24.3 Å². The first kappa shape index (κ1) is 23.6. The highest BCUT2D eigenvalue weighted by Crippen LogP contribution is 2.38. The zero-order valence-electron chi connectivity index (χ0n) is 19.1. The number of halogens is 2. The van der Waals surface area contributed by atoms with Crippen LogP contribution in [0.1, 0.15) is 66.7 Å². The number of nitrogens with zero attached hydrogens (tertiary/aromatic N) is 1. The van der Waals surface area contributed by atoms with Crippen molar-refractivity contribution in [2.75, 3.05) is 0 Å². The van der Waals surface area contributed by atoms with Crippen LogP contribution < -0.4 is 4.74 Å². The van der Waals surface area contributed by atoms with E-state index in [4.69, 9.17) is 10.00 Å². The highest BCUT2D eigenvalue weighted by molar-refractivity contribution is 5.75. The van der Waals surface area contributed by atoms with E-state index in [-0.39, 0.29) is 29.3 Å². The van der Waals surface area contributed by atoms with Crippen LogP contribution in [0.5, 0.6) is 5.75 Å². The Morgan fingerprint density at radius 2 is 1.62 bits per heavy atom. The lowest BCUT2D eigenvalue weighted by atomic mass is 9.78. The SMILES string of the molecule is CC(Cc1c(F)cc(C2CCC(C(=O)Oc3ccc(C#N)cc3)CC2)cc1F)c1ccccc1. The van der Waals surface area contributed by atoms with Gasteiger partial charge in [-0.15, -0.1) is 0 Å². The number of carbonyl (C=O) groups excluding carboxylic acids is 1. The lowest BCUT2D eigenvalue weighted by molar-refractivity contribution is -0.140. The van der Waals surface area contributed by atoms with Crippen LogP contribution in [0.25, 0.3) is 0 Å². The van der Waals surface area contributed by atoms with Gasteiger partial charge in [0.05, 0.1) is 17.6 Å². The smallest absolute Gasteiger partial charge is 0.314 e. The number of esters is 1. The molecule has 1 aliphatic carbocycles. The van der Waals surface area contributed by atoms with Gasteiger partial charge in [-0.25, -0.2) is 8.78 Å². The van der Waals surface area contributed by atoms with Gasteiger partial charge in [0, 0.05) is 5.56 Å². The summed E-state index contributed by atoms with van der Waals surface area (Å²) < 4.78 is 35.3. The summed E-state index contributed by atoms with van der Waals surface area (Å²) in [6, 6.07) is 21.1. The average molecular weight is 460 g/mol. The molecular formula is C29H27F2NO2. The van der Waals surface area contributed by atoms with Crippen LogP contribution in [-0.2, 0) is 11.2 Å². The van der Waals surface area contributed by atoms with Gasteiger partial charge in [0.15, 0.2) is 0 Å². The van der Waals surface area contributed by atoms with Crippen molar-refractivity contribution in [3.63, 3.8) is 0 Å². The predicted octanol–water partition coefficient (Wildman–Crippen LogP) is 7.06. The zero-order valence-corrected chi connectivity index (χ0v) is 19.1. The number of rotatable bonds is 6. The maximum absolute atomic E-state index is 14.9.